The van der Waals surface area contributed by atoms with Gasteiger partial charge in [0.05, 0.1) is 13.2 Å². The van der Waals surface area contributed by atoms with Crippen LogP contribution in [0.15, 0.2) is 0 Å². The maximum Gasteiger partial charge on any atom is 0.151 e. The topological polar surface area (TPSA) is 69.9 Å². The molecule has 0 aromatic rings. The van der Waals surface area contributed by atoms with Crippen molar-refractivity contribution in [2.45, 2.75) is 33.0 Å². The lowest BCUT2D eigenvalue weighted by Crippen LogP contribution is -2.06. The van der Waals surface area contributed by atoms with Crippen LogP contribution in [0, 0.1) is 0 Å². The Labute approximate surface area is 73.8 Å². The van der Waals surface area contributed by atoms with Gasteiger partial charge in [-0.05, 0) is 13.3 Å². The molecule has 0 saturated heterocycles. The standard InChI is InChI=1S/C6H14O2.C2H6O2/c1-3-4-5-8-6(2)7;3-1-2-4/h6-7H,3-5H2,1-2H3;3-4H,1-2H2. The van der Waals surface area contributed by atoms with E-state index in [-0.39, 0.29) is 13.2 Å². The molecule has 4 heteroatoms. The van der Waals surface area contributed by atoms with Gasteiger partial charge in [-0.1, -0.05) is 13.3 Å². The third-order valence-corrected chi connectivity index (χ3v) is 0.957. The molecule has 0 amide bonds. The summed E-state index contributed by atoms with van der Waals surface area (Å²) in [5.74, 6) is 0. The number of ether oxygens (including phenoxy) is 1. The molecule has 1 unspecified atom stereocenters. The lowest BCUT2D eigenvalue weighted by atomic mass is 10.4. The van der Waals surface area contributed by atoms with E-state index in [1.54, 1.807) is 6.92 Å². The van der Waals surface area contributed by atoms with Gasteiger partial charge in [-0.25, -0.2) is 0 Å². The highest BCUT2D eigenvalue weighted by atomic mass is 16.6. The van der Waals surface area contributed by atoms with Gasteiger partial charge in [0.1, 0.15) is 0 Å². The van der Waals surface area contributed by atoms with Gasteiger partial charge in [-0.2, -0.15) is 0 Å². The van der Waals surface area contributed by atoms with Gasteiger partial charge in [0.25, 0.3) is 0 Å². The van der Waals surface area contributed by atoms with Gasteiger partial charge in [-0.15, -0.1) is 0 Å². The first kappa shape index (κ1) is 14.4. The van der Waals surface area contributed by atoms with Crippen LogP contribution in [0.3, 0.4) is 0 Å². The molecular formula is C8H20O4. The summed E-state index contributed by atoms with van der Waals surface area (Å²) in [6.45, 7) is 4.13. The lowest BCUT2D eigenvalue weighted by Gasteiger charge is -2.03. The van der Waals surface area contributed by atoms with Crippen LogP contribution >= 0.6 is 0 Å². The average molecular weight is 180 g/mol. The zero-order valence-corrected chi connectivity index (χ0v) is 7.86. The highest BCUT2D eigenvalue weighted by Crippen LogP contribution is 1.90. The number of rotatable bonds is 5. The second-order valence-corrected chi connectivity index (χ2v) is 2.27. The summed E-state index contributed by atoms with van der Waals surface area (Å²) in [4.78, 5) is 0. The highest BCUT2D eigenvalue weighted by Gasteiger charge is 1.90. The number of aliphatic hydroxyl groups is 3. The number of hydrogen-bond donors (Lipinski definition) is 3. The predicted molar refractivity (Wildman–Crippen MR) is 46.7 cm³/mol. The van der Waals surface area contributed by atoms with Crippen molar-refractivity contribution in [1.29, 1.82) is 0 Å². The molecule has 0 bridgehead atoms. The van der Waals surface area contributed by atoms with Crippen LogP contribution in [0.1, 0.15) is 26.7 Å². The van der Waals surface area contributed by atoms with Crippen LogP contribution in [0.4, 0.5) is 0 Å². The van der Waals surface area contributed by atoms with Gasteiger partial charge in [0.2, 0.25) is 0 Å². The van der Waals surface area contributed by atoms with E-state index in [4.69, 9.17) is 20.1 Å². The Morgan fingerprint density at radius 1 is 1.25 bits per heavy atom. The van der Waals surface area contributed by atoms with E-state index in [1.807, 2.05) is 0 Å². The monoisotopic (exact) mass is 180 g/mol. The first-order chi connectivity index (χ1) is 5.68. The minimum absolute atomic E-state index is 0.125. The van der Waals surface area contributed by atoms with Gasteiger partial charge < -0.3 is 20.1 Å². The summed E-state index contributed by atoms with van der Waals surface area (Å²) >= 11 is 0. The van der Waals surface area contributed by atoms with Crippen LogP contribution in [-0.4, -0.2) is 41.4 Å². The summed E-state index contributed by atoms with van der Waals surface area (Å²) in [6, 6.07) is 0. The fourth-order valence-electron chi connectivity index (χ4n) is 0.398. The van der Waals surface area contributed by atoms with E-state index in [0.29, 0.717) is 6.61 Å². The first-order valence-corrected chi connectivity index (χ1v) is 4.20. The van der Waals surface area contributed by atoms with Gasteiger partial charge in [0.15, 0.2) is 6.29 Å². The van der Waals surface area contributed by atoms with Crippen LogP contribution in [-0.2, 0) is 4.74 Å². The number of hydrogen-bond acceptors (Lipinski definition) is 4. The molecule has 0 heterocycles. The second-order valence-electron chi connectivity index (χ2n) is 2.27. The quantitative estimate of drug-likeness (QED) is 0.415. The molecule has 0 aromatic heterocycles. The largest absolute Gasteiger partial charge is 0.394 e. The minimum Gasteiger partial charge on any atom is -0.394 e. The van der Waals surface area contributed by atoms with Crippen molar-refractivity contribution in [2.75, 3.05) is 19.8 Å². The zero-order valence-electron chi connectivity index (χ0n) is 7.86. The Morgan fingerprint density at radius 2 is 1.75 bits per heavy atom. The van der Waals surface area contributed by atoms with Crippen molar-refractivity contribution in [1.82, 2.24) is 0 Å². The van der Waals surface area contributed by atoms with Crippen molar-refractivity contribution in [3.05, 3.63) is 0 Å². The van der Waals surface area contributed by atoms with E-state index in [1.165, 1.54) is 0 Å². The molecule has 0 spiro atoms. The van der Waals surface area contributed by atoms with Crippen molar-refractivity contribution < 1.29 is 20.1 Å². The van der Waals surface area contributed by atoms with Crippen LogP contribution < -0.4 is 0 Å². The Hall–Kier alpha value is -0.160. The lowest BCUT2D eigenvalue weighted by molar-refractivity contribution is -0.0856. The Bertz CT molecular complexity index is 64.1. The van der Waals surface area contributed by atoms with Crippen LogP contribution in [0.2, 0.25) is 0 Å². The molecule has 0 saturated carbocycles. The van der Waals surface area contributed by atoms with Crippen molar-refractivity contribution in [2.24, 2.45) is 0 Å². The molecule has 0 aliphatic rings. The Morgan fingerprint density at radius 3 is 2.00 bits per heavy atom. The van der Waals surface area contributed by atoms with Gasteiger partial charge in [-0.3, -0.25) is 0 Å². The molecule has 0 aliphatic carbocycles. The van der Waals surface area contributed by atoms with Crippen LogP contribution in [0.25, 0.3) is 0 Å². The molecule has 0 fully saturated rings. The third-order valence-electron chi connectivity index (χ3n) is 0.957. The maximum atomic E-state index is 8.56. The SMILES string of the molecule is CCCCOC(C)O.OCCO. The molecule has 0 aromatic carbocycles. The maximum absolute atomic E-state index is 8.56. The minimum atomic E-state index is -0.596. The Kier molecular flexibility index (Phi) is 16.1. The van der Waals surface area contributed by atoms with Crippen molar-refractivity contribution in [3.63, 3.8) is 0 Å². The van der Waals surface area contributed by atoms with Gasteiger partial charge in [0, 0.05) is 6.61 Å². The average Bonchev–Trinajstić information content (AvgIpc) is 2.05. The number of unbranched alkanes of at least 4 members (excludes halogenated alkanes) is 1. The molecule has 3 N–H and O–H groups in total. The van der Waals surface area contributed by atoms with Gasteiger partial charge >= 0.3 is 0 Å². The molecule has 1 atom stereocenters. The third kappa shape index (κ3) is 22.5. The van der Waals surface area contributed by atoms with Crippen molar-refractivity contribution >= 4 is 0 Å². The normalized spacial score (nSPS) is 11.8. The first-order valence-electron chi connectivity index (χ1n) is 4.20. The summed E-state index contributed by atoms with van der Waals surface area (Å²) in [5.41, 5.74) is 0. The molecule has 4 nitrogen and oxygen atoms in total. The van der Waals surface area contributed by atoms with E-state index < -0.39 is 6.29 Å². The summed E-state index contributed by atoms with van der Waals surface area (Å²) < 4.78 is 4.84. The summed E-state index contributed by atoms with van der Waals surface area (Å²) in [6.07, 6.45) is 1.55. The second kappa shape index (κ2) is 13.4. The van der Waals surface area contributed by atoms with Crippen molar-refractivity contribution in [3.8, 4) is 0 Å². The Balaban J connectivity index is 0. The van der Waals surface area contributed by atoms with E-state index in [9.17, 15) is 0 Å². The number of aliphatic hydroxyl groups excluding tert-OH is 3. The van der Waals surface area contributed by atoms with E-state index in [0.717, 1.165) is 12.8 Å². The summed E-state index contributed by atoms with van der Waals surface area (Å²) in [5, 5.41) is 23.8. The smallest absolute Gasteiger partial charge is 0.151 e. The fourth-order valence-corrected chi connectivity index (χ4v) is 0.398. The zero-order chi connectivity index (χ0) is 9.82. The summed E-state index contributed by atoms with van der Waals surface area (Å²) in [7, 11) is 0. The van der Waals surface area contributed by atoms with E-state index in [2.05, 4.69) is 6.92 Å². The molecule has 12 heavy (non-hydrogen) atoms. The van der Waals surface area contributed by atoms with E-state index >= 15 is 0 Å². The molecule has 0 aliphatic heterocycles. The fraction of sp³-hybridized carbons (Fsp3) is 1.00. The molecular weight excluding hydrogens is 160 g/mol. The molecule has 0 rings (SSSR count). The predicted octanol–water partition coefficient (Wildman–Crippen LogP) is 0.112. The van der Waals surface area contributed by atoms with Crippen LogP contribution in [0.5, 0.6) is 0 Å². The molecule has 76 valence electrons. The molecule has 0 radical (unpaired) electrons. The highest BCUT2D eigenvalue weighted by molar-refractivity contribution is 4.31.